The Morgan fingerprint density at radius 3 is 1.17 bits per heavy atom. The third kappa shape index (κ3) is 5.61. The van der Waals surface area contributed by atoms with E-state index < -0.39 is 0 Å². The standard InChI is InChI=1S/C51H39N/c1-51(2)49-35-45(31-32-46(49)48-34-42(38-19-11-5-12-20-38)33-47(50(48)51)41-21-13-6-14-22-41)52(43-27-23-39(24-28-43)36-15-7-3-8-16-36)44-29-25-40(26-30-44)37-17-9-4-10-18-37/h3-35H,1-2H3. The molecule has 9 rings (SSSR count). The monoisotopic (exact) mass is 665 g/mol. The van der Waals surface area contributed by atoms with Crippen molar-refractivity contribution < 1.29 is 0 Å². The van der Waals surface area contributed by atoms with Gasteiger partial charge in [0.2, 0.25) is 0 Å². The fourth-order valence-corrected chi connectivity index (χ4v) is 8.04. The molecule has 0 saturated heterocycles. The third-order valence-corrected chi connectivity index (χ3v) is 10.6. The Labute approximate surface area is 307 Å². The maximum absolute atomic E-state index is 2.43. The molecule has 0 unspecified atom stereocenters. The molecule has 0 aliphatic heterocycles. The van der Waals surface area contributed by atoms with Gasteiger partial charge in [0, 0.05) is 22.5 Å². The molecule has 248 valence electrons. The van der Waals surface area contributed by atoms with Crippen molar-refractivity contribution in [1.82, 2.24) is 0 Å². The number of hydrogen-bond donors (Lipinski definition) is 0. The number of anilines is 3. The van der Waals surface area contributed by atoms with Crippen LogP contribution in [0.25, 0.3) is 55.6 Å². The highest BCUT2D eigenvalue weighted by Gasteiger charge is 2.38. The summed E-state index contributed by atoms with van der Waals surface area (Å²) in [7, 11) is 0. The van der Waals surface area contributed by atoms with Gasteiger partial charge in [0.05, 0.1) is 0 Å². The Hall–Kier alpha value is -6.44. The molecule has 0 spiro atoms. The zero-order valence-electron chi connectivity index (χ0n) is 29.5. The van der Waals surface area contributed by atoms with Crippen molar-refractivity contribution in [2.75, 3.05) is 4.90 Å². The molecule has 0 amide bonds. The van der Waals surface area contributed by atoms with E-state index in [-0.39, 0.29) is 5.41 Å². The quantitative estimate of drug-likeness (QED) is 0.164. The molecule has 1 aliphatic carbocycles. The van der Waals surface area contributed by atoms with Crippen molar-refractivity contribution in [1.29, 1.82) is 0 Å². The molecular formula is C51H39N. The van der Waals surface area contributed by atoms with Crippen LogP contribution in [0.4, 0.5) is 17.1 Å². The topological polar surface area (TPSA) is 3.24 Å². The third-order valence-electron chi connectivity index (χ3n) is 10.6. The van der Waals surface area contributed by atoms with Crippen LogP contribution >= 0.6 is 0 Å². The molecule has 0 bridgehead atoms. The lowest BCUT2D eigenvalue weighted by Gasteiger charge is -2.29. The molecule has 0 saturated carbocycles. The minimum atomic E-state index is -0.221. The number of fused-ring (bicyclic) bond motifs is 3. The van der Waals surface area contributed by atoms with Crippen molar-refractivity contribution in [3.63, 3.8) is 0 Å². The lowest BCUT2D eigenvalue weighted by Crippen LogP contribution is -2.17. The zero-order valence-corrected chi connectivity index (χ0v) is 29.5. The van der Waals surface area contributed by atoms with E-state index in [4.69, 9.17) is 0 Å². The van der Waals surface area contributed by atoms with Gasteiger partial charge in [-0.25, -0.2) is 0 Å². The second-order valence-corrected chi connectivity index (χ2v) is 14.2. The maximum Gasteiger partial charge on any atom is 0.0465 e. The molecule has 0 N–H and O–H groups in total. The first-order valence-corrected chi connectivity index (χ1v) is 18.1. The van der Waals surface area contributed by atoms with Gasteiger partial charge < -0.3 is 4.90 Å². The maximum atomic E-state index is 2.43. The minimum Gasteiger partial charge on any atom is -0.310 e. The van der Waals surface area contributed by atoms with Crippen LogP contribution in [0.2, 0.25) is 0 Å². The largest absolute Gasteiger partial charge is 0.310 e. The Kier molecular flexibility index (Phi) is 7.90. The van der Waals surface area contributed by atoms with E-state index in [0.29, 0.717) is 0 Å². The first-order chi connectivity index (χ1) is 25.5. The van der Waals surface area contributed by atoms with Crippen LogP contribution in [0.5, 0.6) is 0 Å². The molecule has 0 heterocycles. The Bertz CT molecular complexity index is 2400. The predicted octanol–water partition coefficient (Wildman–Crippen LogP) is 14.1. The predicted molar refractivity (Wildman–Crippen MR) is 220 cm³/mol. The van der Waals surface area contributed by atoms with Gasteiger partial charge in [0.25, 0.3) is 0 Å². The van der Waals surface area contributed by atoms with Crippen LogP contribution in [0.3, 0.4) is 0 Å². The normalized spacial score (nSPS) is 12.6. The van der Waals surface area contributed by atoms with E-state index in [2.05, 4.69) is 219 Å². The second kappa shape index (κ2) is 13.0. The first-order valence-electron chi connectivity index (χ1n) is 18.1. The van der Waals surface area contributed by atoms with Gasteiger partial charge in [-0.15, -0.1) is 0 Å². The van der Waals surface area contributed by atoms with Crippen molar-refractivity contribution in [3.8, 4) is 55.6 Å². The molecule has 1 aliphatic rings. The summed E-state index contributed by atoms with van der Waals surface area (Å²) in [6, 6.07) is 72.7. The van der Waals surface area contributed by atoms with E-state index in [1.54, 1.807) is 0 Å². The van der Waals surface area contributed by atoms with Crippen molar-refractivity contribution in [2.24, 2.45) is 0 Å². The average molecular weight is 666 g/mol. The summed E-state index contributed by atoms with van der Waals surface area (Å²) in [6.07, 6.45) is 0. The summed E-state index contributed by atoms with van der Waals surface area (Å²) in [6.45, 7) is 4.79. The molecule has 0 aromatic heterocycles. The fraction of sp³-hybridized carbons (Fsp3) is 0.0588. The number of benzene rings is 8. The van der Waals surface area contributed by atoms with Gasteiger partial charge in [0.1, 0.15) is 0 Å². The Morgan fingerprint density at radius 2 is 0.692 bits per heavy atom. The van der Waals surface area contributed by atoms with Gasteiger partial charge in [-0.3, -0.25) is 0 Å². The average Bonchev–Trinajstić information content (AvgIpc) is 3.45. The van der Waals surface area contributed by atoms with Crippen LogP contribution in [-0.4, -0.2) is 0 Å². The first kappa shape index (κ1) is 31.5. The molecule has 0 fully saturated rings. The summed E-state index contributed by atoms with van der Waals surface area (Å²) in [5.74, 6) is 0. The van der Waals surface area contributed by atoms with Crippen molar-refractivity contribution in [3.05, 3.63) is 211 Å². The van der Waals surface area contributed by atoms with Gasteiger partial charge in [-0.1, -0.05) is 166 Å². The zero-order chi connectivity index (χ0) is 35.1. The number of hydrogen-bond acceptors (Lipinski definition) is 1. The molecule has 8 aromatic rings. The summed E-state index contributed by atoms with van der Waals surface area (Å²) in [5.41, 5.74) is 18.4. The fourth-order valence-electron chi connectivity index (χ4n) is 8.04. The van der Waals surface area contributed by atoms with E-state index in [1.807, 2.05) is 0 Å². The highest BCUT2D eigenvalue weighted by atomic mass is 15.1. The minimum absolute atomic E-state index is 0.221. The summed E-state index contributed by atoms with van der Waals surface area (Å²) in [4.78, 5) is 2.40. The van der Waals surface area contributed by atoms with Gasteiger partial charge in [0.15, 0.2) is 0 Å². The van der Waals surface area contributed by atoms with Crippen LogP contribution < -0.4 is 4.90 Å². The molecule has 1 nitrogen and oxygen atoms in total. The Morgan fingerprint density at radius 1 is 0.308 bits per heavy atom. The molecular weight excluding hydrogens is 627 g/mol. The lowest BCUT2D eigenvalue weighted by molar-refractivity contribution is 0.662. The van der Waals surface area contributed by atoms with Gasteiger partial charge in [-0.05, 0) is 115 Å². The van der Waals surface area contributed by atoms with E-state index in [0.717, 1.165) is 17.1 Å². The van der Waals surface area contributed by atoms with Crippen molar-refractivity contribution >= 4 is 17.1 Å². The smallest absolute Gasteiger partial charge is 0.0465 e. The number of rotatable bonds is 7. The molecule has 1 heteroatoms. The van der Waals surface area contributed by atoms with E-state index in [1.165, 1.54) is 66.8 Å². The second-order valence-electron chi connectivity index (χ2n) is 14.2. The van der Waals surface area contributed by atoms with Crippen LogP contribution in [-0.2, 0) is 5.41 Å². The van der Waals surface area contributed by atoms with Gasteiger partial charge >= 0.3 is 0 Å². The van der Waals surface area contributed by atoms with Crippen LogP contribution in [0.15, 0.2) is 200 Å². The van der Waals surface area contributed by atoms with Gasteiger partial charge in [-0.2, -0.15) is 0 Å². The molecule has 8 aromatic carbocycles. The molecule has 0 atom stereocenters. The van der Waals surface area contributed by atoms with E-state index >= 15 is 0 Å². The molecule has 0 radical (unpaired) electrons. The highest BCUT2D eigenvalue weighted by Crippen LogP contribution is 2.55. The SMILES string of the molecule is CC1(C)c2cc(N(c3ccc(-c4ccccc4)cc3)c3ccc(-c4ccccc4)cc3)ccc2-c2cc(-c3ccccc3)cc(-c3ccccc3)c21. The highest BCUT2D eigenvalue weighted by molar-refractivity contribution is 5.93. The lowest BCUT2D eigenvalue weighted by atomic mass is 9.78. The van der Waals surface area contributed by atoms with Crippen molar-refractivity contribution in [2.45, 2.75) is 19.3 Å². The number of nitrogens with zero attached hydrogens (tertiary/aromatic N) is 1. The Balaban J connectivity index is 1.19. The van der Waals surface area contributed by atoms with E-state index in [9.17, 15) is 0 Å². The summed E-state index contributed by atoms with van der Waals surface area (Å²) in [5, 5.41) is 0. The molecule has 52 heavy (non-hydrogen) atoms. The summed E-state index contributed by atoms with van der Waals surface area (Å²) >= 11 is 0. The van der Waals surface area contributed by atoms with Crippen LogP contribution in [0, 0.1) is 0 Å². The summed E-state index contributed by atoms with van der Waals surface area (Å²) < 4.78 is 0. The van der Waals surface area contributed by atoms with Crippen LogP contribution in [0.1, 0.15) is 25.0 Å².